The van der Waals surface area contributed by atoms with E-state index in [2.05, 4.69) is 31.2 Å². The summed E-state index contributed by atoms with van der Waals surface area (Å²) in [4.78, 5) is 7.08. The first kappa shape index (κ1) is 15.2. The Labute approximate surface area is 130 Å². The second-order valence-corrected chi connectivity index (χ2v) is 5.82. The number of nitrogens with one attached hydrogen (secondary N) is 1. The Morgan fingerprint density at radius 3 is 3.09 bits per heavy atom. The van der Waals surface area contributed by atoms with Crippen LogP contribution in [0.1, 0.15) is 42.6 Å². The maximum atomic E-state index is 5.11. The van der Waals surface area contributed by atoms with Crippen molar-refractivity contribution in [2.24, 2.45) is 7.05 Å². The molecular weight excluding hydrogens is 280 g/mol. The van der Waals surface area contributed by atoms with Crippen LogP contribution in [-0.2, 0) is 24.8 Å². The Kier molecular flexibility index (Phi) is 4.84. The zero-order valence-corrected chi connectivity index (χ0v) is 13.3. The van der Waals surface area contributed by atoms with Crippen molar-refractivity contribution >= 4 is 0 Å². The molecule has 3 heterocycles. The van der Waals surface area contributed by atoms with E-state index in [0.29, 0.717) is 12.6 Å². The Bertz CT molecular complexity index is 592. The lowest BCUT2D eigenvalue weighted by atomic mass is 10.0. The van der Waals surface area contributed by atoms with Crippen molar-refractivity contribution in [2.75, 3.05) is 20.2 Å². The summed E-state index contributed by atoms with van der Waals surface area (Å²) < 4.78 is 7.05. The highest BCUT2D eigenvalue weighted by Crippen LogP contribution is 2.28. The second kappa shape index (κ2) is 7.02. The van der Waals surface area contributed by atoms with Gasteiger partial charge in [-0.2, -0.15) is 10.2 Å². The van der Waals surface area contributed by atoms with Crippen LogP contribution in [0.5, 0.6) is 0 Å². The molecule has 1 fully saturated rings. The SMILES string of the molecule is COCc1nc(C2CCCCN2CCc2ccnn2C)n[nH]1. The molecule has 1 saturated heterocycles. The van der Waals surface area contributed by atoms with E-state index in [9.17, 15) is 0 Å². The highest BCUT2D eigenvalue weighted by atomic mass is 16.5. The van der Waals surface area contributed by atoms with Gasteiger partial charge in [0.15, 0.2) is 11.6 Å². The Balaban J connectivity index is 1.66. The van der Waals surface area contributed by atoms with Crippen molar-refractivity contribution in [1.29, 1.82) is 0 Å². The van der Waals surface area contributed by atoms with E-state index in [0.717, 1.165) is 37.6 Å². The molecule has 120 valence electrons. The summed E-state index contributed by atoms with van der Waals surface area (Å²) in [6.07, 6.45) is 6.46. The zero-order chi connectivity index (χ0) is 15.4. The lowest BCUT2D eigenvalue weighted by molar-refractivity contribution is 0.142. The van der Waals surface area contributed by atoms with Crippen molar-refractivity contribution in [2.45, 2.75) is 38.3 Å². The van der Waals surface area contributed by atoms with Gasteiger partial charge in [0, 0.05) is 39.0 Å². The predicted molar refractivity (Wildman–Crippen MR) is 82.2 cm³/mol. The molecule has 22 heavy (non-hydrogen) atoms. The Hall–Kier alpha value is -1.73. The first-order valence-corrected chi connectivity index (χ1v) is 7.89. The highest BCUT2D eigenvalue weighted by Gasteiger charge is 2.27. The van der Waals surface area contributed by atoms with Gasteiger partial charge < -0.3 is 4.74 Å². The van der Waals surface area contributed by atoms with Gasteiger partial charge in [0.1, 0.15) is 6.61 Å². The standard InChI is InChI=1S/C15H24N6O/c1-20-12(6-8-16-20)7-10-21-9-4-3-5-13(21)15-17-14(11-22-2)18-19-15/h6,8,13H,3-5,7,9-11H2,1-2H3,(H,17,18,19). The van der Waals surface area contributed by atoms with Crippen LogP contribution in [0.4, 0.5) is 0 Å². The second-order valence-electron chi connectivity index (χ2n) is 5.82. The summed E-state index contributed by atoms with van der Waals surface area (Å²) in [5.74, 6) is 1.70. The number of methoxy groups -OCH3 is 1. The van der Waals surface area contributed by atoms with Gasteiger partial charge in [0.25, 0.3) is 0 Å². The molecule has 2 aromatic heterocycles. The molecule has 7 nitrogen and oxygen atoms in total. The minimum Gasteiger partial charge on any atom is -0.377 e. The quantitative estimate of drug-likeness (QED) is 0.874. The molecule has 1 unspecified atom stereocenters. The summed E-state index contributed by atoms with van der Waals surface area (Å²) in [6.45, 7) is 2.60. The number of aryl methyl sites for hydroxylation is 1. The average molecular weight is 304 g/mol. The van der Waals surface area contributed by atoms with E-state index in [-0.39, 0.29) is 0 Å². The van der Waals surface area contributed by atoms with E-state index >= 15 is 0 Å². The molecule has 0 spiro atoms. The third kappa shape index (κ3) is 3.36. The molecular formula is C15H24N6O. The van der Waals surface area contributed by atoms with Crippen LogP contribution in [0, 0.1) is 0 Å². The number of ether oxygens (including phenoxy) is 1. The molecule has 7 heteroatoms. The maximum absolute atomic E-state index is 5.11. The lowest BCUT2D eigenvalue weighted by Crippen LogP contribution is -2.35. The van der Waals surface area contributed by atoms with Gasteiger partial charge in [0.2, 0.25) is 0 Å². The van der Waals surface area contributed by atoms with Crippen molar-refractivity contribution in [3.05, 3.63) is 29.6 Å². The van der Waals surface area contributed by atoms with E-state index in [4.69, 9.17) is 4.74 Å². The van der Waals surface area contributed by atoms with Crippen LogP contribution >= 0.6 is 0 Å². The molecule has 0 aromatic carbocycles. The molecule has 0 bridgehead atoms. The number of hydrogen-bond donors (Lipinski definition) is 1. The molecule has 3 rings (SSSR count). The Morgan fingerprint density at radius 1 is 1.41 bits per heavy atom. The number of rotatable bonds is 6. The molecule has 1 N–H and O–H groups in total. The van der Waals surface area contributed by atoms with Crippen molar-refractivity contribution < 1.29 is 4.74 Å². The summed E-state index contributed by atoms with van der Waals surface area (Å²) in [5.41, 5.74) is 1.26. The molecule has 1 aliphatic rings. The molecule has 0 aliphatic carbocycles. The smallest absolute Gasteiger partial charge is 0.167 e. The van der Waals surface area contributed by atoms with Crippen LogP contribution < -0.4 is 0 Å². The zero-order valence-electron chi connectivity index (χ0n) is 13.3. The van der Waals surface area contributed by atoms with Crippen molar-refractivity contribution in [1.82, 2.24) is 29.9 Å². The van der Waals surface area contributed by atoms with Crippen LogP contribution in [0.3, 0.4) is 0 Å². The normalized spacial score (nSPS) is 19.6. The summed E-state index contributed by atoms with van der Waals surface area (Å²) in [7, 11) is 3.66. The molecule has 1 aliphatic heterocycles. The largest absolute Gasteiger partial charge is 0.377 e. The van der Waals surface area contributed by atoms with Crippen LogP contribution in [0.2, 0.25) is 0 Å². The number of likely N-dealkylation sites (tertiary alicyclic amines) is 1. The maximum Gasteiger partial charge on any atom is 0.167 e. The average Bonchev–Trinajstić information content (AvgIpc) is 3.15. The van der Waals surface area contributed by atoms with Gasteiger partial charge in [-0.05, 0) is 25.5 Å². The Morgan fingerprint density at radius 2 is 2.32 bits per heavy atom. The number of H-pyrrole nitrogens is 1. The van der Waals surface area contributed by atoms with E-state index in [1.807, 2.05) is 17.9 Å². The number of aromatic amines is 1. The molecule has 2 aromatic rings. The first-order valence-electron chi connectivity index (χ1n) is 7.89. The van der Waals surface area contributed by atoms with Gasteiger partial charge in [-0.25, -0.2) is 4.98 Å². The highest BCUT2D eigenvalue weighted by molar-refractivity contribution is 5.03. The van der Waals surface area contributed by atoms with Crippen molar-refractivity contribution in [3.63, 3.8) is 0 Å². The number of nitrogens with zero attached hydrogens (tertiary/aromatic N) is 5. The minimum atomic E-state index is 0.309. The molecule has 1 atom stereocenters. The predicted octanol–water partition coefficient (Wildman–Crippen LogP) is 1.45. The summed E-state index contributed by atoms with van der Waals surface area (Å²) in [6, 6.07) is 2.39. The van der Waals surface area contributed by atoms with E-state index < -0.39 is 0 Å². The van der Waals surface area contributed by atoms with Gasteiger partial charge in [-0.3, -0.25) is 14.7 Å². The fourth-order valence-corrected chi connectivity index (χ4v) is 3.12. The van der Waals surface area contributed by atoms with Crippen LogP contribution in [0.25, 0.3) is 0 Å². The summed E-state index contributed by atoms with van der Waals surface area (Å²) >= 11 is 0. The fraction of sp³-hybridized carbons (Fsp3) is 0.667. The number of hydrogen-bond acceptors (Lipinski definition) is 5. The van der Waals surface area contributed by atoms with Gasteiger partial charge in [0.05, 0.1) is 6.04 Å². The van der Waals surface area contributed by atoms with Gasteiger partial charge in [-0.1, -0.05) is 6.42 Å². The summed E-state index contributed by atoms with van der Waals surface area (Å²) in [5, 5.41) is 11.6. The van der Waals surface area contributed by atoms with Gasteiger partial charge in [-0.15, -0.1) is 0 Å². The first-order chi connectivity index (χ1) is 10.8. The topological polar surface area (TPSA) is 71.9 Å². The third-order valence-corrected chi connectivity index (χ3v) is 4.32. The van der Waals surface area contributed by atoms with E-state index in [1.54, 1.807) is 7.11 Å². The number of piperidine rings is 1. The molecule has 0 amide bonds. The fourth-order valence-electron chi connectivity index (χ4n) is 3.12. The number of aromatic nitrogens is 5. The molecule has 0 saturated carbocycles. The van der Waals surface area contributed by atoms with Crippen LogP contribution in [0.15, 0.2) is 12.3 Å². The van der Waals surface area contributed by atoms with E-state index in [1.165, 1.54) is 18.5 Å². The van der Waals surface area contributed by atoms with Crippen molar-refractivity contribution in [3.8, 4) is 0 Å². The molecule has 0 radical (unpaired) electrons. The minimum absolute atomic E-state index is 0.309. The monoisotopic (exact) mass is 304 g/mol. The lowest BCUT2D eigenvalue weighted by Gasteiger charge is -2.33. The van der Waals surface area contributed by atoms with Crippen LogP contribution in [-0.4, -0.2) is 50.1 Å². The third-order valence-electron chi connectivity index (χ3n) is 4.32. The van der Waals surface area contributed by atoms with Gasteiger partial charge >= 0.3 is 0 Å².